The molecule has 1 aliphatic rings. The Morgan fingerprint density at radius 1 is 1.19 bits per heavy atom. The molecule has 1 fully saturated rings. The molecule has 0 saturated carbocycles. The lowest BCUT2D eigenvalue weighted by Gasteiger charge is -2.19. The highest BCUT2D eigenvalue weighted by molar-refractivity contribution is 6.40. The van der Waals surface area contributed by atoms with Crippen molar-refractivity contribution in [1.82, 2.24) is 5.32 Å². The normalized spacial score (nSPS) is 16.7. The summed E-state index contributed by atoms with van der Waals surface area (Å²) in [5, 5.41) is 3.66. The third kappa shape index (κ3) is 3.94. The molecule has 1 heterocycles. The number of benzene rings is 2. The molecule has 2 aromatic carbocycles. The van der Waals surface area contributed by atoms with E-state index in [-0.39, 0.29) is 24.8 Å². The highest BCUT2D eigenvalue weighted by Crippen LogP contribution is 2.37. The SMILES string of the molecule is COc1ccc(CNC(=O)C2CC(=O)N(c3c(Cl)cccc3Cl)C2)cc1. The monoisotopic (exact) mass is 392 g/mol. The summed E-state index contributed by atoms with van der Waals surface area (Å²) in [4.78, 5) is 26.3. The zero-order valence-electron chi connectivity index (χ0n) is 14.2. The quantitative estimate of drug-likeness (QED) is 0.844. The van der Waals surface area contributed by atoms with Crippen LogP contribution in [-0.4, -0.2) is 25.5 Å². The molecule has 136 valence electrons. The Hall–Kier alpha value is -2.24. The molecular weight excluding hydrogens is 375 g/mol. The van der Waals surface area contributed by atoms with Crippen LogP contribution in [0.25, 0.3) is 0 Å². The fourth-order valence-electron chi connectivity index (χ4n) is 2.92. The molecule has 2 aromatic rings. The predicted octanol–water partition coefficient (Wildman–Crippen LogP) is 3.67. The van der Waals surface area contributed by atoms with Crippen LogP contribution in [0.4, 0.5) is 5.69 Å². The summed E-state index contributed by atoms with van der Waals surface area (Å²) in [6, 6.07) is 12.5. The van der Waals surface area contributed by atoms with E-state index in [1.165, 1.54) is 4.90 Å². The van der Waals surface area contributed by atoms with Gasteiger partial charge in [-0.2, -0.15) is 0 Å². The molecule has 0 aliphatic carbocycles. The Balaban J connectivity index is 1.63. The molecule has 3 rings (SSSR count). The Morgan fingerprint density at radius 3 is 2.46 bits per heavy atom. The summed E-state index contributed by atoms with van der Waals surface area (Å²) in [5.74, 6) is -0.00810. The van der Waals surface area contributed by atoms with Crippen LogP contribution in [0.5, 0.6) is 5.75 Å². The molecule has 1 aliphatic heterocycles. The number of nitrogens with one attached hydrogen (secondary N) is 1. The molecule has 1 saturated heterocycles. The summed E-state index contributed by atoms with van der Waals surface area (Å²) in [6.07, 6.45) is 0.135. The minimum absolute atomic E-state index is 0.135. The van der Waals surface area contributed by atoms with E-state index >= 15 is 0 Å². The lowest BCUT2D eigenvalue weighted by Crippen LogP contribution is -2.32. The number of hydrogen-bond acceptors (Lipinski definition) is 3. The number of para-hydroxylation sites is 1. The molecule has 26 heavy (non-hydrogen) atoms. The van der Waals surface area contributed by atoms with Crippen LogP contribution in [0.3, 0.4) is 0 Å². The second-order valence-corrected chi connectivity index (χ2v) is 6.86. The first-order valence-electron chi connectivity index (χ1n) is 8.14. The Morgan fingerprint density at radius 2 is 1.85 bits per heavy atom. The predicted molar refractivity (Wildman–Crippen MR) is 102 cm³/mol. The van der Waals surface area contributed by atoms with Crippen LogP contribution in [0.1, 0.15) is 12.0 Å². The molecule has 0 bridgehead atoms. The van der Waals surface area contributed by atoms with Gasteiger partial charge in [0.1, 0.15) is 5.75 Å². The first kappa shape index (κ1) is 18.5. The molecular formula is C19H18Cl2N2O3. The molecule has 1 unspecified atom stereocenters. The van der Waals surface area contributed by atoms with Gasteiger partial charge in [-0.25, -0.2) is 0 Å². The number of halogens is 2. The number of methoxy groups -OCH3 is 1. The van der Waals surface area contributed by atoms with E-state index in [4.69, 9.17) is 27.9 Å². The van der Waals surface area contributed by atoms with E-state index in [0.717, 1.165) is 11.3 Å². The van der Waals surface area contributed by atoms with Gasteiger partial charge in [0.2, 0.25) is 11.8 Å². The maximum Gasteiger partial charge on any atom is 0.227 e. The second-order valence-electron chi connectivity index (χ2n) is 6.04. The van der Waals surface area contributed by atoms with Crippen LogP contribution in [0.2, 0.25) is 10.0 Å². The molecule has 0 radical (unpaired) electrons. The van der Waals surface area contributed by atoms with Crippen molar-refractivity contribution >= 4 is 40.7 Å². The first-order valence-corrected chi connectivity index (χ1v) is 8.90. The topological polar surface area (TPSA) is 58.6 Å². The van der Waals surface area contributed by atoms with Crippen molar-refractivity contribution in [2.24, 2.45) is 5.92 Å². The molecule has 1 N–H and O–H groups in total. The van der Waals surface area contributed by atoms with Gasteiger partial charge >= 0.3 is 0 Å². The van der Waals surface area contributed by atoms with Crippen LogP contribution < -0.4 is 15.0 Å². The number of rotatable bonds is 5. The van der Waals surface area contributed by atoms with Gasteiger partial charge in [-0.05, 0) is 29.8 Å². The van der Waals surface area contributed by atoms with Gasteiger partial charge in [-0.1, -0.05) is 41.4 Å². The molecule has 0 spiro atoms. The fourth-order valence-corrected chi connectivity index (χ4v) is 3.52. The van der Waals surface area contributed by atoms with Crippen molar-refractivity contribution in [3.05, 3.63) is 58.1 Å². The zero-order valence-corrected chi connectivity index (χ0v) is 15.7. The smallest absolute Gasteiger partial charge is 0.227 e. The molecule has 5 nitrogen and oxygen atoms in total. The third-order valence-electron chi connectivity index (χ3n) is 4.33. The van der Waals surface area contributed by atoms with E-state index in [1.807, 2.05) is 24.3 Å². The molecule has 7 heteroatoms. The number of anilines is 1. The zero-order chi connectivity index (χ0) is 18.7. The maximum absolute atomic E-state index is 12.5. The van der Waals surface area contributed by atoms with E-state index in [2.05, 4.69) is 5.32 Å². The lowest BCUT2D eigenvalue weighted by atomic mass is 10.1. The van der Waals surface area contributed by atoms with Crippen molar-refractivity contribution in [1.29, 1.82) is 0 Å². The van der Waals surface area contributed by atoms with Gasteiger partial charge in [-0.3, -0.25) is 9.59 Å². The minimum atomic E-state index is -0.437. The van der Waals surface area contributed by atoms with Crippen molar-refractivity contribution in [3.63, 3.8) is 0 Å². The number of amides is 2. The second kappa shape index (κ2) is 7.98. The minimum Gasteiger partial charge on any atom is -0.497 e. The van der Waals surface area contributed by atoms with Gasteiger partial charge in [0.15, 0.2) is 0 Å². The maximum atomic E-state index is 12.5. The van der Waals surface area contributed by atoms with E-state index in [0.29, 0.717) is 22.3 Å². The van der Waals surface area contributed by atoms with E-state index in [1.54, 1.807) is 25.3 Å². The van der Waals surface area contributed by atoms with Crippen molar-refractivity contribution in [2.75, 3.05) is 18.6 Å². The van der Waals surface area contributed by atoms with Crippen LogP contribution in [0, 0.1) is 5.92 Å². The van der Waals surface area contributed by atoms with Crippen LogP contribution in [-0.2, 0) is 16.1 Å². The number of carbonyl (C=O) groups excluding carboxylic acids is 2. The van der Waals surface area contributed by atoms with Crippen LogP contribution in [0.15, 0.2) is 42.5 Å². The molecule has 2 amide bonds. The molecule has 0 aromatic heterocycles. The Labute approximate surface area is 161 Å². The van der Waals surface area contributed by atoms with Gasteiger partial charge in [-0.15, -0.1) is 0 Å². The Bertz CT molecular complexity index is 804. The van der Waals surface area contributed by atoms with Gasteiger partial charge in [0.25, 0.3) is 0 Å². The number of hydrogen-bond donors (Lipinski definition) is 1. The summed E-state index contributed by atoms with van der Waals surface area (Å²) in [7, 11) is 1.60. The third-order valence-corrected chi connectivity index (χ3v) is 4.94. The van der Waals surface area contributed by atoms with E-state index < -0.39 is 5.92 Å². The van der Waals surface area contributed by atoms with Crippen LogP contribution >= 0.6 is 23.2 Å². The first-order chi connectivity index (χ1) is 12.5. The van der Waals surface area contributed by atoms with Gasteiger partial charge in [0, 0.05) is 19.5 Å². The summed E-state index contributed by atoms with van der Waals surface area (Å²) >= 11 is 12.4. The number of ether oxygens (including phenoxy) is 1. The molecule has 1 atom stereocenters. The lowest BCUT2D eigenvalue weighted by molar-refractivity contribution is -0.126. The highest BCUT2D eigenvalue weighted by Gasteiger charge is 2.36. The van der Waals surface area contributed by atoms with Crippen molar-refractivity contribution in [3.8, 4) is 5.75 Å². The van der Waals surface area contributed by atoms with Crippen molar-refractivity contribution in [2.45, 2.75) is 13.0 Å². The highest BCUT2D eigenvalue weighted by atomic mass is 35.5. The van der Waals surface area contributed by atoms with Gasteiger partial charge in [0.05, 0.1) is 28.8 Å². The van der Waals surface area contributed by atoms with Gasteiger partial charge < -0.3 is 15.0 Å². The number of carbonyl (C=O) groups is 2. The average molecular weight is 393 g/mol. The van der Waals surface area contributed by atoms with E-state index in [9.17, 15) is 9.59 Å². The fraction of sp³-hybridized carbons (Fsp3) is 0.263. The largest absolute Gasteiger partial charge is 0.497 e. The Kier molecular flexibility index (Phi) is 5.69. The summed E-state index contributed by atoms with van der Waals surface area (Å²) in [6.45, 7) is 0.650. The summed E-state index contributed by atoms with van der Waals surface area (Å²) < 4.78 is 5.11. The summed E-state index contributed by atoms with van der Waals surface area (Å²) in [5.41, 5.74) is 1.42. The van der Waals surface area contributed by atoms with Crippen molar-refractivity contribution < 1.29 is 14.3 Å². The number of nitrogens with zero attached hydrogens (tertiary/aromatic N) is 1. The average Bonchev–Trinajstić information content (AvgIpc) is 3.01. The standard InChI is InChI=1S/C19H18Cl2N2O3/c1-26-14-7-5-12(6-8-14)10-22-19(25)13-9-17(24)23(11-13)18-15(20)3-2-4-16(18)21/h2-8,13H,9-11H2,1H3,(H,22,25).